The summed E-state index contributed by atoms with van der Waals surface area (Å²) in [6.07, 6.45) is 8.33. The summed E-state index contributed by atoms with van der Waals surface area (Å²) in [6.45, 7) is 4.97. The van der Waals surface area contributed by atoms with Crippen LogP contribution < -0.4 is 10.6 Å². The van der Waals surface area contributed by atoms with Crippen LogP contribution in [0.4, 0.5) is 4.39 Å². The summed E-state index contributed by atoms with van der Waals surface area (Å²) < 4.78 is 15.4. The van der Waals surface area contributed by atoms with Crippen LogP contribution in [-0.2, 0) is 19.5 Å². The van der Waals surface area contributed by atoms with Gasteiger partial charge >= 0.3 is 0 Å². The number of fused-ring (bicyclic) bond motifs is 1. The fourth-order valence-corrected chi connectivity index (χ4v) is 3.61. The van der Waals surface area contributed by atoms with E-state index in [0.29, 0.717) is 6.54 Å². The number of aromatic nitrogens is 3. The van der Waals surface area contributed by atoms with E-state index >= 15 is 0 Å². The molecule has 160 valence electrons. The van der Waals surface area contributed by atoms with E-state index in [1.54, 1.807) is 6.20 Å². The quantitative estimate of drug-likeness (QED) is 0.301. The molecule has 0 saturated heterocycles. The number of nitrogens with zero attached hydrogens (tertiary/aromatic N) is 3. The molecular weight excluding hydrogens is 391 g/mol. The molecule has 0 bridgehead atoms. The number of aromatic amines is 1. The first-order valence-corrected chi connectivity index (χ1v) is 10.5. The van der Waals surface area contributed by atoms with Gasteiger partial charge in [-0.05, 0) is 48.2 Å². The summed E-state index contributed by atoms with van der Waals surface area (Å²) in [5.74, 6) is 0.558. The molecule has 2 heterocycles. The predicted molar refractivity (Wildman–Crippen MR) is 123 cm³/mol. The van der Waals surface area contributed by atoms with E-state index in [9.17, 15) is 4.39 Å². The van der Waals surface area contributed by atoms with Crippen molar-refractivity contribution in [1.29, 1.82) is 0 Å². The zero-order chi connectivity index (χ0) is 21.5. The van der Waals surface area contributed by atoms with Crippen molar-refractivity contribution in [1.82, 2.24) is 25.2 Å². The zero-order valence-corrected chi connectivity index (χ0v) is 17.6. The second-order valence-corrected chi connectivity index (χ2v) is 7.43. The first-order valence-electron chi connectivity index (χ1n) is 10.5. The Morgan fingerprint density at radius 1 is 1.16 bits per heavy atom. The van der Waals surface area contributed by atoms with Gasteiger partial charge in [0.15, 0.2) is 5.96 Å². The summed E-state index contributed by atoms with van der Waals surface area (Å²) in [7, 11) is 0. The molecule has 6 nitrogen and oxygen atoms in total. The molecule has 0 radical (unpaired) electrons. The Morgan fingerprint density at radius 3 is 2.90 bits per heavy atom. The predicted octanol–water partition coefficient (Wildman–Crippen LogP) is 3.85. The average Bonchev–Trinajstić information content (AvgIpc) is 3.42. The van der Waals surface area contributed by atoms with Crippen LogP contribution in [0.1, 0.15) is 23.6 Å². The highest BCUT2D eigenvalue weighted by molar-refractivity contribution is 5.83. The molecule has 4 rings (SSSR count). The van der Waals surface area contributed by atoms with E-state index in [2.05, 4.69) is 51.8 Å². The van der Waals surface area contributed by atoms with Crippen molar-refractivity contribution >= 4 is 16.9 Å². The van der Waals surface area contributed by atoms with Gasteiger partial charge in [-0.25, -0.2) is 14.4 Å². The van der Waals surface area contributed by atoms with E-state index in [-0.39, 0.29) is 5.82 Å². The number of nitrogens with one attached hydrogen (secondary N) is 3. The Balaban J connectivity index is 1.35. The molecule has 0 aliphatic heterocycles. The number of halogens is 1. The van der Waals surface area contributed by atoms with E-state index in [1.165, 1.54) is 17.7 Å². The molecule has 0 aliphatic rings. The lowest BCUT2D eigenvalue weighted by Gasteiger charge is -2.11. The molecule has 0 fully saturated rings. The normalized spacial score (nSPS) is 11.7. The van der Waals surface area contributed by atoms with Crippen molar-refractivity contribution in [2.24, 2.45) is 4.99 Å². The van der Waals surface area contributed by atoms with Crippen molar-refractivity contribution in [2.75, 3.05) is 13.1 Å². The van der Waals surface area contributed by atoms with Crippen LogP contribution in [-0.4, -0.2) is 33.6 Å². The number of H-pyrrole nitrogens is 1. The molecule has 0 spiro atoms. The maximum absolute atomic E-state index is 13.4. The first kappa shape index (κ1) is 20.7. The number of imidazole rings is 1. The molecule has 7 heteroatoms. The first-order chi connectivity index (χ1) is 15.2. The highest BCUT2D eigenvalue weighted by atomic mass is 19.1. The molecule has 0 amide bonds. The molecule has 4 aromatic rings. The lowest BCUT2D eigenvalue weighted by molar-refractivity contribution is 0.629. The summed E-state index contributed by atoms with van der Waals surface area (Å²) in [6, 6.07) is 13.3. The largest absolute Gasteiger partial charge is 0.361 e. The van der Waals surface area contributed by atoms with Crippen LogP contribution in [0.15, 0.2) is 72.4 Å². The van der Waals surface area contributed by atoms with Gasteiger partial charge in [0, 0.05) is 49.1 Å². The lowest BCUT2D eigenvalue weighted by Crippen LogP contribution is -2.38. The van der Waals surface area contributed by atoms with E-state index in [0.717, 1.165) is 54.0 Å². The Kier molecular flexibility index (Phi) is 6.62. The van der Waals surface area contributed by atoms with Gasteiger partial charge in [-0.2, -0.15) is 0 Å². The van der Waals surface area contributed by atoms with Crippen LogP contribution in [0.25, 0.3) is 10.9 Å². The van der Waals surface area contributed by atoms with Crippen LogP contribution in [0.5, 0.6) is 0 Å². The number of aliphatic imine (C=N–C) groups is 1. The minimum Gasteiger partial charge on any atom is -0.361 e. The van der Waals surface area contributed by atoms with E-state index < -0.39 is 0 Å². The van der Waals surface area contributed by atoms with Crippen molar-refractivity contribution in [3.63, 3.8) is 0 Å². The molecule has 31 heavy (non-hydrogen) atoms. The van der Waals surface area contributed by atoms with Gasteiger partial charge < -0.3 is 20.2 Å². The van der Waals surface area contributed by atoms with Gasteiger partial charge in [0.25, 0.3) is 0 Å². The monoisotopic (exact) mass is 418 g/mol. The molecular formula is C24H27FN6. The van der Waals surface area contributed by atoms with Gasteiger partial charge in [0.05, 0.1) is 12.9 Å². The van der Waals surface area contributed by atoms with Crippen molar-refractivity contribution in [2.45, 2.75) is 26.4 Å². The highest BCUT2D eigenvalue weighted by Crippen LogP contribution is 2.19. The summed E-state index contributed by atoms with van der Waals surface area (Å²) in [5.41, 5.74) is 4.37. The van der Waals surface area contributed by atoms with Gasteiger partial charge in [-0.1, -0.05) is 24.3 Å². The number of hydrogen-bond acceptors (Lipinski definition) is 2. The van der Waals surface area contributed by atoms with Gasteiger partial charge in [-0.15, -0.1) is 0 Å². The van der Waals surface area contributed by atoms with Crippen molar-refractivity contribution in [3.8, 4) is 0 Å². The number of hydrogen-bond donors (Lipinski definition) is 3. The molecule has 0 saturated carbocycles. The van der Waals surface area contributed by atoms with E-state index in [4.69, 9.17) is 4.99 Å². The zero-order valence-electron chi connectivity index (χ0n) is 17.6. The second-order valence-electron chi connectivity index (χ2n) is 7.43. The summed E-state index contributed by atoms with van der Waals surface area (Å²) in [5, 5.41) is 7.75. The third kappa shape index (κ3) is 5.51. The molecule has 3 N–H and O–H groups in total. The highest BCUT2D eigenvalue weighted by Gasteiger charge is 2.05. The van der Waals surface area contributed by atoms with Gasteiger partial charge in [0.1, 0.15) is 5.82 Å². The van der Waals surface area contributed by atoms with Gasteiger partial charge in [-0.3, -0.25) is 0 Å². The maximum atomic E-state index is 13.4. The maximum Gasteiger partial charge on any atom is 0.191 e. The number of rotatable bonds is 8. The Bertz CT molecular complexity index is 1150. The average molecular weight is 419 g/mol. The van der Waals surface area contributed by atoms with Gasteiger partial charge in [0.2, 0.25) is 0 Å². The third-order valence-corrected chi connectivity index (χ3v) is 5.10. The van der Waals surface area contributed by atoms with Crippen LogP contribution >= 0.6 is 0 Å². The summed E-state index contributed by atoms with van der Waals surface area (Å²) in [4.78, 5) is 12.0. The standard InChI is InChI=1S/C24H27FN6/c1-2-27-24(28-9-8-20-15-29-23-13-21(25)6-7-22(20)23)30-14-18-4-3-5-19(12-18)16-31-11-10-26-17-31/h3-7,10-13,15,17,29H,2,8-9,14,16H2,1H3,(H2,27,28,30). The minimum atomic E-state index is -0.227. The minimum absolute atomic E-state index is 0.227. The topological polar surface area (TPSA) is 70.0 Å². The smallest absolute Gasteiger partial charge is 0.191 e. The van der Waals surface area contributed by atoms with E-state index in [1.807, 2.05) is 29.4 Å². The second kappa shape index (κ2) is 9.93. The third-order valence-electron chi connectivity index (χ3n) is 5.10. The lowest BCUT2D eigenvalue weighted by atomic mass is 10.1. The van der Waals surface area contributed by atoms with Crippen molar-refractivity contribution < 1.29 is 4.39 Å². The fourth-order valence-electron chi connectivity index (χ4n) is 3.61. The SMILES string of the molecule is CCNC(=NCc1cccc(Cn2ccnc2)c1)NCCc1c[nH]c2cc(F)ccc12. The van der Waals surface area contributed by atoms with Crippen LogP contribution in [0.2, 0.25) is 0 Å². The van der Waals surface area contributed by atoms with Crippen LogP contribution in [0.3, 0.4) is 0 Å². The summed E-state index contributed by atoms with van der Waals surface area (Å²) >= 11 is 0. The fraction of sp³-hybridized carbons (Fsp3) is 0.250. The van der Waals surface area contributed by atoms with Crippen LogP contribution in [0, 0.1) is 5.82 Å². The molecule has 0 atom stereocenters. The molecule has 0 unspecified atom stereocenters. The molecule has 2 aromatic heterocycles. The Morgan fingerprint density at radius 2 is 2.06 bits per heavy atom. The molecule has 2 aromatic carbocycles. The number of guanidine groups is 1. The number of benzene rings is 2. The Hall–Kier alpha value is -3.61. The molecule has 0 aliphatic carbocycles. The van der Waals surface area contributed by atoms with Crippen molar-refractivity contribution in [3.05, 3.63) is 89.9 Å². The Labute approximate surface area is 181 Å².